The van der Waals surface area contributed by atoms with Gasteiger partial charge in [-0.1, -0.05) is 49.7 Å². The number of nitrogens with one attached hydrogen (secondary N) is 2. The summed E-state index contributed by atoms with van der Waals surface area (Å²) in [6, 6.07) is 15.2. The van der Waals surface area contributed by atoms with Crippen molar-refractivity contribution < 1.29 is 0 Å². The molecule has 1 saturated heterocycles. The molecule has 2 N–H and O–H groups in total. The van der Waals surface area contributed by atoms with Crippen LogP contribution in [0.2, 0.25) is 0 Å². The van der Waals surface area contributed by atoms with Gasteiger partial charge in [0.1, 0.15) is 0 Å². The first kappa shape index (κ1) is 16.4. The summed E-state index contributed by atoms with van der Waals surface area (Å²) < 4.78 is 0. The van der Waals surface area contributed by atoms with Gasteiger partial charge >= 0.3 is 0 Å². The Morgan fingerprint density at radius 2 is 1.70 bits per heavy atom. The Bertz CT molecular complexity index is 624. The zero-order chi connectivity index (χ0) is 15.9. The lowest BCUT2D eigenvalue weighted by atomic mass is 10.1. The highest BCUT2D eigenvalue weighted by atomic mass is 32.2. The Morgan fingerprint density at radius 1 is 0.913 bits per heavy atom. The smallest absolute Gasteiger partial charge is 0.0526 e. The molecule has 0 aromatic heterocycles. The average molecular weight is 327 g/mol. The van der Waals surface area contributed by atoms with Gasteiger partial charge in [-0.15, -0.1) is 0 Å². The minimum absolute atomic E-state index is 1.16. The van der Waals surface area contributed by atoms with E-state index in [4.69, 9.17) is 0 Å². The molecule has 0 unspecified atom stereocenters. The predicted octanol–water partition coefficient (Wildman–Crippen LogP) is 5.61. The number of benzene rings is 2. The van der Waals surface area contributed by atoms with Crippen LogP contribution >= 0.6 is 11.8 Å². The number of fused-ring (bicyclic) bond motifs is 2. The molecule has 0 saturated carbocycles. The van der Waals surface area contributed by atoms with Crippen LogP contribution in [0.1, 0.15) is 38.2 Å². The summed E-state index contributed by atoms with van der Waals surface area (Å²) in [4.78, 5) is 2.66. The first-order chi connectivity index (χ1) is 11.4. The van der Waals surface area contributed by atoms with Crippen LogP contribution in [0, 0.1) is 0 Å². The largest absolute Gasteiger partial charge is 0.354 e. The van der Waals surface area contributed by atoms with E-state index in [1.54, 1.807) is 0 Å². The van der Waals surface area contributed by atoms with Crippen molar-refractivity contribution in [3.63, 3.8) is 0 Å². The molecular weight excluding hydrogens is 300 g/mol. The van der Waals surface area contributed by atoms with Crippen LogP contribution in [-0.2, 0) is 6.42 Å². The van der Waals surface area contributed by atoms with E-state index in [0.29, 0.717) is 0 Å². The maximum Gasteiger partial charge on any atom is 0.0526 e. The van der Waals surface area contributed by atoms with E-state index < -0.39 is 0 Å². The van der Waals surface area contributed by atoms with Crippen molar-refractivity contribution in [1.29, 1.82) is 0 Å². The highest BCUT2D eigenvalue weighted by molar-refractivity contribution is 7.99. The topological polar surface area (TPSA) is 24.1 Å². The van der Waals surface area contributed by atoms with Gasteiger partial charge in [-0.2, -0.15) is 0 Å². The Labute approximate surface area is 144 Å². The summed E-state index contributed by atoms with van der Waals surface area (Å²) in [5.41, 5.74) is 3.88. The number of hydrogen-bond acceptors (Lipinski definition) is 3. The first-order valence-corrected chi connectivity index (χ1v) is 9.56. The number of hydrogen-bond donors (Lipinski definition) is 2. The molecule has 2 nitrogen and oxygen atoms in total. The monoisotopic (exact) mass is 326 g/mol. The Kier molecular flexibility index (Phi) is 6.00. The molecule has 2 aromatic rings. The summed E-state index contributed by atoms with van der Waals surface area (Å²) in [7, 11) is 0. The van der Waals surface area contributed by atoms with Gasteiger partial charge in [0, 0.05) is 9.79 Å². The third kappa shape index (κ3) is 4.52. The number of rotatable bonds is 2. The predicted molar refractivity (Wildman–Crippen MR) is 101 cm³/mol. The summed E-state index contributed by atoms with van der Waals surface area (Å²) in [5.74, 6) is 0. The molecule has 1 fully saturated rings. The minimum atomic E-state index is 1.16. The molecular formula is C20H26N2S. The van der Waals surface area contributed by atoms with Crippen molar-refractivity contribution in [2.45, 2.75) is 48.8 Å². The zero-order valence-corrected chi connectivity index (χ0v) is 14.7. The van der Waals surface area contributed by atoms with Crippen molar-refractivity contribution in [2.75, 3.05) is 18.4 Å². The number of piperidine rings is 1. The van der Waals surface area contributed by atoms with Gasteiger partial charge in [-0.3, -0.25) is 0 Å². The molecule has 2 aromatic carbocycles. The van der Waals surface area contributed by atoms with Crippen molar-refractivity contribution in [3.05, 3.63) is 48.0 Å². The highest BCUT2D eigenvalue weighted by Gasteiger charge is 2.14. The van der Waals surface area contributed by atoms with E-state index >= 15 is 0 Å². The van der Waals surface area contributed by atoms with Crippen molar-refractivity contribution >= 4 is 23.1 Å². The molecule has 2 aliphatic rings. The molecule has 122 valence electrons. The van der Waals surface area contributed by atoms with Crippen LogP contribution in [0.5, 0.6) is 0 Å². The summed E-state index contributed by atoms with van der Waals surface area (Å²) in [6.45, 7) is 4.72. The number of anilines is 2. The molecule has 0 amide bonds. The lowest BCUT2D eigenvalue weighted by Gasteiger charge is -2.21. The summed E-state index contributed by atoms with van der Waals surface area (Å²) >= 11 is 1.86. The molecule has 2 heterocycles. The van der Waals surface area contributed by atoms with E-state index in [0.717, 1.165) is 6.42 Å². The Morgan fingerprint density at radius 3 is 2.39 bits per heavy atom. The van der Waals surface area contributed by atoms with Gasteiger partial charge < -0.3 is 10.6 Å². The quantitative estimate of drug-likeness (QED) is 0.640. The third-order valence-electron chi connectivity index (χ3n) is 4.17. The van der Waals surface area contributed by atoms with Gasteiger partial charge in [0.2, 0.25) is 0 Å². The second-order valence-corrected chi connectivity index (χ2v) is 7.20. The molecule has 23 heavy (non-hydrogen) atoms. The minimum Gasteiger partial charge on any atom is -0.354 e. The van der Waals surface area contributed by atoms with E-state index in [1.165, 1.54) is 65.5 Å². The van der Waals surface area contributed by atoms with Crippen molar-refractivity contribution in [2.24, 2.45) is 0 Å². The molecule has 0 aliphatic carbocycles. The van der Waals surface area contributed by atoms with Crippen LogP contribution < -0.4 is 10.6 Å². The molecule has 0 spiro atoms. The lowest BCUT2D eigenvalue weighted by molar-refractivity contribution is 0.520. The van der Waals surface area contributed by atoms with Crippen LogP contribution in [0.4, 0.5) is 11.4 Å². The molecule has 3 heteroatoms. The van der Waals surface area contributed by atoms with Crippen LogP contribution in [0.15, 0.2) is 52.3 Å². The summed E-state index contributed by atoms with van der Waals surface area (Å²) in [6.07, 6.45) is 6.58. The summed E-state index contributed by atoms with van der Waals surface area (Å²) in [5, 5.41) is 6.77. The molecule has 0 bridgehead atoms. The van der Waals surface area contributed by atoms with Gasteiger partial charge in [-0.25, -0.2) is 0 Å². The molecule has 4 rings (SSSR count). The maximum atomic E-state index is 3.49. The van der Waals surface area contributed by atoms with E-state index in [2.05, 4.69) is 60.0 Å². The third-order valence-corrected chi connectivity index (χ3v) is 5.30. The van der Waals surface area contributed by atoms with Gasteiger partial charge in [-0.05, 0) is 62.2 Å². The fourth-order valence-electron chi connectivity index (χ4n) is 2.92. The molecule has 0 atom stereocenters. The highest BCUT2D eigenvalue weighted by Crippen LogP contribution is 2.44. The molecule has 0 radical (unpaired) electrons. The Hall–Kier alpha value is -1.45. The van der Waals surface area contributed by atoms with Crippen molar-refractivity contribution in [3.8, 4) is 0 Å². The van der Waals surface area contributed by atoms with Crippen LogP contribution in [0.25, 0.3) is 0 Å². The second-order valence-electron chi connectivity index (χ2n) is 6.11. The normalized spacial score (nSPS) is 15.5. The van der Waals surface area contributed by atoms with E-state index in [9.17, 15) is 0 Å². The van der Waals surface area contributed by atoms with Gasteiger partial charge in [0.15, 0.2) is 0 Å². The van der Waals surface area contributed by atoms with Crippen LogP contribution in [-0.4, -0.2) is 13.1 Å². The van der Waals surface area contributed by atoms with E-state index in [1.807, 2.05) is 11.8 Å². The van der Waals surface area contributed by atoms with E-state index in [-0.39, 0.29) is 0 Å². The fraction of sp³-hybridized carbons (Fsp3) is 0.400. The Balaban J connectivity index is 0.000000220. The fourth-order valence-corrected chi connectivity index (χ4v) is 3.97. The van der Waals surface area contributed by atoms with Gasteiger partial charge in [0.05, 0.1) is 11.4 Å². The van der Waals surface area contributed by atoms with Gasteiger partial charge in [0.25, 0.3) is 0 Å². The second kappa shape index (κ2) is 8.42. The maximum absolute atomic E-state index is 3.49. The van der Waals surface area contributed by atoms with Crippen molar-refractivity contribution in [1.82, 2.24) is 5.32 Å². The SMILES string of the molecule is C1CCNCC1.CCCc1ccc2c(c1)Sc1ccccc1N2. The number of aryl methyl sites for hydroxylation is 1. The number of para-hydroxylation sites is 1. The van der Waals surface area contributed by atoms with Crippen LogP contribution in [0.3, 0.4) is 0 Å². The first-order valence-electron chi connectivity index (χ1n) is 8.74. The standard InChI is InChI=1S/C15H15NS.C5H11N/c1-2-5-11-8-9-13-15(10-11)17-14-7-4-3-6-12(14)16-13;1-2-4-6-5-3-1/h3-4,6-10,16H,2,5H2,1H3;6H,1-5H2. The lowest BCUT2D eigenvalue weighted by Crippen LogP contribution is -2.21. The zero-order valence-electron chi connectivity index (χ0n) is 13.9. The molecule has 2 aliphatic heterocycles. The average Bonchev–Trinajstić information content (AvgIpc) is 2.62.